The highest BCUT2D eigenvalue weighted by molar-refractivity contribution is 6.04. The molecule has 2 aromatic heterocycles. The number of nitrogen functional groups attached to an aromatic ring is 1. The van der Waals surface area contributed by atoms with Crippen molar-refractivity contribution in [1.29, 1.82) is 0 Å². The van der Waals surface area contributed by atoms with Gasteiger partial charge >= 0.3 is 6.18 Å². The van der Waals surface area contributed by atoms with E-state index >= 15 is 0 Å². The number of carbonyl (C=O) groups is 1. The maximum atomic E-state index is 13.1. The third-order valence-corrected chi connectivity index (χ3v) is 7.47. The molecule has 2 aromatic carbocycles. The second-order valence-electron chi connectivity index (χ2n) is 10.2. The van der Waals surface area contributed by atoms with Crippen LogP contribution in [-0.2, 0) is 6.18 Å². The van der Waals surface area contributed by atoms with Crippen LogP contribution < -0.4 is 21.3 Å². The molecule has 0 aliphatic carbocycles. The number of rotatable bonds is 5. The summed E-state index contributed by atoms with van der Waals surface area (Å²) in [6, 6.07) is 10.2. The number of likely N-dealkylation sites (tertiary alicyclic amines) is 1. The second-order valence-corrected chi connectivity index (χ2v) is 10.2. The maximum Gasteiger partial charge on any atom is 0.416 e. The zero-order valence-corrected chi connectivity index (χ0v) is 21.7. The van der Waals surface area contributed by atoms with Crippen molar-refractivity contribution >= 4 is 45.9 Å². The Hall–Kier alpha value is -4.52. The van der Waals surface area contributed by atoms with E-state index in [0.29, 0.717) is 46.3 Å². The van der Waals surface area contributed by atoms with Crippen molar-refractivity contribution in [3.05, 3.63) is 65.5 Å². The van der Waals surface area contributed by atoms with E-state index in [-0.39, 0.29) is 11.4 Å². The lowest BCUT2D eigenvalue weighted by molar-refractivity contribution is -0.137. The minimum atomic E-state index is -4.55. The molecule has 0 spiro atoms. The number of hydrogen-bond donors (Lipinski definition) is 3. The van der Waals surface area contributed by atoms with Gasteiger partial charge in [0.1, 0.15) is 17.4 Å². The Morgan fingerprint density at radius 2 is 1.88 bits per heavy atom. The number of aryl methyl sites for hydroxylation is 1. The molecule has 4 aromatic rings. The second kappa shape index (κ2) is 9.59. The zero-order valence-electron chi connectivity index (χ0n) is 21.7. The summed E-state index contributed by atoms with van der Waals surface area (Å²) < 4.78 is 39.3. The minimum absolute atomic E-state index is 0.104. The van der Waals surface area contributed by atoms with Crippen LogP contribution in [0.25, 0.3) is 11.0 Å². The first-order valence-electron chi connectivity index (χ1n) is 12.7. The summed E-state index contributed by atoms with van der Waals surface area (Å²) in [4.78, 5) is 35.2. The van der Waals surface area contributed by atoms with Gasteiger partial charge in [-0.25, -0.2) is 15.0 Å². The van der Waals surface area contributed by atoms with Crippen LogP contribution >= 0.6 is 0 Å². The van der Waals surface area contributed by atoms with Gasteiger partial charge in [-0.3, -0.25) is 9.69 Å². The minimum Gasteiger partial charge on any atom is -0.382 e. The molecule has 2 bridgehead atoms. The highest BCUT2D eigenvalue weighted by Gasteiger charge is 2.42. The average molecular weight is 550 g/mol. The molecule has 0 radical (unpaired) electrons. The van der Waals surface area contributed by atoms with Crippen molar-refractivity contribution in [2.75, 3.05) is 41.4 Å². The summed E-state index contributed by atoms with van der Waals surface area (Å²) in [6.45, 7) is 3.62. The van der Waals surface area contributed by atoms with E-state index in [2.05, 4.69) is 42.4 Å². The van der Waals surface area contributed by atoms with Crippen molar-refractivity contribution in [3.63, 3.8) is 0 Å². The van der Waals surface area contributed by atoms with Crippen LogP contribution in [0.4, 0.5) is 42.1 Å². The molecular formula is C27H26F3N9O. The van der Waals surface area contributed by atoms with E-state index in [0.717, 1.165) is 37.2 Å². The van der Waals surface area contributed by atoms with Crippen molar-refractivity contribution in [2.45, 2.75) is 31.6 Å². The Kier molecular flexibility index (Phi) is 6.17. The van der Waals surface area contributed by atoms with E-state index in [1.165, 1.54) is 18.5 Å². The van der Waals surface area contributed by atoms with Gasteiger partial charge in [-0.2, -0.15) is 18.2 Å². The number of alkyl halides is 3. The van der Waals surface area contributed by atoms with Gasteiger partial charge in [0.15, 0.2) is 11.6 Å². The molecule has 2 aliphatic heterocycles. The summed E-state index contributed by atoms with van der Waals surface area (Å²) in [5.74, 6) is 0.526. The van der Waals surface area contributed by atoms with Gasteiger partial charge < -0.3 is 21.3 Å². The number of nitrogens with one attached hydrogen (secondary N) is 2. The predicted octanol–water partition coefficient (Wildman–Crippen LogP) is 4.22. The Bertz CT molecular complexity index is 1630. The van der Waals surface area contributed by atoms with Gasteiger partial charge in [-0.15, -0.1) is 0 Å². The van der Waals surface area contributed by atoms with Crippen LogP contribution in [0, 0.1) is 6.92 Å². The lowest BCUT2D eigenvalue weighted by atomic mass is 10.1. The monoisotopic (exact) mass is 549 g/mol. The first-order chi connectivity index (χ1) is 19.1. The van der Waals surface area contributed by atoms with Crippen molar-refractivity contribution in [3.8, 4) is 0 Å². The smallest absolute Gasteiger partial charge is 0.382 e. The Morgan fingerprint density at radius 1 is 1.05 bits per heavy atom. The number of hydrogen-bond acceptors (Lipinski definition) is 9. The van der Waals surface area contributed by atoms with E-state index in [4.69, 9.17) is 10.7 Å². The molecule has 4 heterocycles. The van der Waals surface area contributed by atoms with E-state index in [1.54, 1.807) is 18.2 Å². The number of nitrogens with zero attached hydrogens (tertiary/aromatic N) is 6. The fraction of sp³-hybridized carbons (Fsp3) is 0.296. The zero-order chi connectivity index (χ0) is 28.2. The molecule has 0 saturated carbocycles. The SMILES string of the molecule is Cc1ccc(NC(=O)c2cccc(C(F)(F)F)c2)cc1Nc1ncnc2c(N)nc(N3CC4CC3CN4C)nc12. The third-order valence-electron chi connectivity index (χ3n) is 7.47. The van der Waals surface area contributed by atoms with Gasteiger partial charge in [-0.05, 0) is 56.3 Å². The number of piperazine rings is 1. The topological polar surface area (TPSA) is 125 Å². The molecule has 2 fully saturated rings. The summed E-state index contributed by atoms with van der Waals surface area (Å²) >= 11 is 0. The largest absolute Gasteiger partial charge is 0.416 e. The van der Waals surface area contributed by atoms with Crippen LogP contribution in [-0.4, -0.2) is 63.0 Å². The number of aromatic nitrogens is 4. The number of likely N-dealkylation sites (N-methyl/N-ethyl adjacent to an activating group) is 1. The summed E-state index contributed by atoms with van der Waals surface area (Å²) in [5.41, 5.74) is 8.00. The van der Waals surface area contributed by atoms with Crippen LogP contribution in [0.1, 0.15) is 27.9 Å². The summed E-state index contributed by atoms with van der Waals surface area (Å²) in [6.07, 6.45) is -2.13. The molecule has 2 aliphatic rings. The summed E-state index contributed by atoms with van der Waals surface area (Å²) in [7, 11) is 2.12. The van der Waals surface area contributed by atoms with Gasteiger partial charge in [0, 0.05) is 42.1 Å². The standard InChI is InChI=1S/C27H26F3N9O/c1-14-6-7-17(34-25(40)15-4-3-5-16(8-15)27(28,29)30)9-20(14)35-24-22-21(32-13-33-24)23(31)37-26(36-22)39-12-18-10-19(39)11-38(18)2/h3-9,13,18-19H,10-12H2,1-2H3,(H,34,40)(H2,31,36,37)(H,32,33,35). The number of carbonyl (C=O) groups excluding carboxylic acids is 1. The van der Waals surface area contributed by atoms with Crippen molar-refractivity contribution < 1.29 is 18.0 Å². The molecule has 40 heavy (non-hydrogen) atoms. The van der Waals surface area contributed by atoms with Gasteiger partial charge in [-0.1, -0.05) is 12.1 Å². The van der Waals surface area contributed by atoms with E-state index in [1.807, 2.05) is 6.92 Å². The van der Waals surface area contributed by atoms with Crippen LogP contribution in [0.3, 0.4) is 0 Å². The number of fused-ring (bicyclic) bond motifs is 3. The van der Waals surface area contributed by atoms with E-state index in [9.17, 15) is 18.0 Å². The van der Waals surface area contributed by atoms with Gasteiger partial charge in [0.05, 0.1) is 5.56 Å². The quantitative estimate of drug-likeness (QED) is 0.336. The number of anilines is 5. The lowest BCUT2D eigenvalue weighted by Crippen LogP contribution is -2.45. The lowest BCUT2D eigenvalue weighted by Gasteiger charge is -2.32. The average Bonchev–Trinajstić information content (AvgIpc) is 3.50. The Labute approximate surface area is 227 Å². The van der Waals surface area contributed by atoms with E-state index < -0.39 is 17.6 Å². The first kappa shape index (κ1) is 25.7. The molecule has 10 nitrogen and oxygen atoms in total. The molecule has 13 heteroatoms. The van der Waals surface area contributed by atoms with Crippen molar-refractivity contribution in [2.24, 2.45) is 0 Å². The molecule has 2 saturated heterocycles. The van der Waals surface area contributed by atoms with Crippen molar-refractivity contribution in [1.82, 2.24) is 24.8 Å². The molecule has 6 rings (SSSR count). The number of halogens is 3. The highest BCUT2D eigenvalue weighted by Crippen LogP contribution is 2.35. The van der Waals surface area contributed by atoms with Crippen LogP contribution in [0.2, 0.25) is 0 Å². The van der Waals surface area contributed by atoms with Gasteiger partial charge in [0.2, 0.25) is 5.95 Å². The number of benzene rings is 2. The van der Waals surface area contributed by atoms with Crippen LogP contribution in [0.15, 0.2) is 48.8 Å². The molecule has 206 valence electrons. The molecule has 2 atom stereocenters. The molecule has 4 N–H and O–H groups in total. The number of nitrogens with two attached hydrogens (primary N) is 1. The summed E-state index contributed by atoms with van der Waals surface area (Å²) in [5, 5.41) is 5.93. The number of amides is 1. The predicted molar refractivity (Wildman–Crippen MR) is 146 cm³/mol. The fourth-order valence-corrected chi connectivity index (χ4v) is 5.29. The molecule has 1 amide bonds. The fourth-order valence-electron chi connectivity index (χ4n) is 5.29. The highest BCUT2D eigenvalue weighted by atomic mass is 19.4. The first-order valence-corrected chi connectivity index (χ1v) is 12.7. The molecular weight excluding hydrogens is 523 g/mol. The Morgan fingerprint density at radius 3 is 2.60 bits per heavy atom. The molecule has 2 unspecified atom stereocenters. The van der Waals surface area contributed by atoms with Crippen LogP contribution in [0.5, 0.6) is 0 Å². The normalized spacial score (nSPS) is 18.9. The maximum absolute atomic E-state index is 13.1. The van der Waals surface area contributed by atoms with Gasteiger partial charge in [0.25, 0.3) is 5.91 Å². The Balaban J connectivity index is 1.28. The third kappa shape index (κ3) is 4.72.